The number of aliphatic hydroxyl groups excluding tert-OH is 1. The van der Waals surface area contributed by atoms with E-state index in [1.165, 1.54) is 13.2 Å². The molecule has 0 aliphatic rings. The minimum absolute atomic E-state index is 0.0169. The molecule has 0 saturated heterocycles. The van der Waals surface area contributed by atoms with Gasteiger partial charge in [-0.1, -0.05) is 18.2 Å². The van der Waals surface area contributed by atoms with Gasteiger partial charge in [0, 0.05) is 12.2 Å². The van der Waals surface area contributed by atoms with Crippen LogP contribution < -0.4 is 16.0 Å². The minimum Gasteiger partial charge on any atom is -0.465 e. The van der Waals surface area contributed by atoms with E-state index in [0.29, 0.717) is 12.1 Å². The fourth-order valence-electron chi connectivity index (χ4n) is 2.33. The molecule has 1 unspecified atom stereocenters. The maximum atomic E-state index is 15.3. The number of hydrogen-bond donors (Lipinski definition) is 4. The van der Waals surface area contributed by atoms with Crippen LogP contribution >= 0.6 is 11.6 Å². The van der Waals surface area contributed by atoms with E-state index in [1.807, 2.05) is 0 Å². The average molecular weight is 396 g/mol. The van der Waals surface area contributed by atoms with Crippen LogP contribution in [0.25, 0.3) is 0 Å². The highest BCUT2D eigenvalue weighted by Gasteiger charge is 2.23. The van der Waals surface area contributed by atoms with Crippen molar-refractivity contribution in [2.45, 2.75) is 6.10 Å². The van der Waals surface area contributed by atoms with Gasteiger partial charge in [0.15, 0.2) is 5.82 Å². The fraction of sp³-hybridized carbons (Fsp3) is 0.222. The Hall–Kier alpha value is -2.84. The molecule has 7 nitrogen and oxygen atoms in total. The van der Waals surface area contributed by atoms with Crippen molar-refractivity contribution in [2.75, 3.05) is 35.5 Å². The molecule has 0 aliphatic heterocycles. The molecule has 0 heterocycles. The Bertz CT molecular complexity index is 805. The number of halogens is 2. The Kier molecular flexibility index (Phi) is 7.39. The lowest BCUT2D eigenvalue weighted by Gasteiger charge is -2.19. The third-order valence-electron chi connectivity index (χ3n) is 3.62. The van der Waals surface area contributed by atoms with E-state index < -0.39 is 17.9 Å². The molecular weight excluding hydrogens is 377 g/mol. The van der Waals surface area contributed by atoms with Crippen LogP contribution in [0, 0.1) is 5.82 Å². The largest absolute Gasteiger partial charge is 0.465 e. The Morgan fingerprint density at radius 2 is 2.04 bits per heavy atom. The van der Waals surface area contributed by atoms with Gasteiger partial charge >= 0.3 is 5.97 Å². The second kappa shape index (κ2) is 9.75. The number of aliphatic hydroxyl groups is 1. The lowest BCUT2D eigenvalue weighted by molar-refractivity contribution is -0.105. The van der Waals surface area contributed by atoms with Crippen LogP contribution in [0.2, 0.25) is 0 Å². The van der Waals surface area contributed by atoms with E-state index >= 15 is 4.39 Å². The first-order valence-electron chi connectivity index (χ1n) is 7.96. The highest BCUT2D eigenvalue weighted by atomic mass is 35.5. The highest BCUT2D eigenvalue weighted by Crippen LogP contribution is 2.36. The summed E-state index contributed by atoms with van der Waals surface area (Å²) >= 11 is 5.55. The van der Waals surface area contributed by atoms with E-state index in [9.17, 15) is 14.7 Å². The van der Waals surface area contributed by atoms with Crippen molar-refractivity contribution in [2.24, 2.45) is 0 Å². The molecule has 2 rings (SSSR count). The Morgan fingerprint density at radius 3 is 2.63 bits per heavy atom. The predicted molar refractivity (Wildman–Crippen MR) is 102 cm³/mol. The first-order valence-corrected chi connectivity index (χ1v) is 8.50. The zero-order valence-corrected chi connectivity index (χ0v) is 15.2. The van der Waals surface area contributed by atoms with Crippen molar-refractivity contribution in [3.05, 3.63) is 47.8 Å². The summed E-state index contributed by atoms with van der Waals surface area (Å²) in [5.74, 6) is -1.66. The topological polar surface area (TPSA) is 99.7 Å². The molecule has 2 aromatic rings. The number of methoxy groups -OCH3 is 1. The summed E-state index contributed by atoms with van der Waals surface area (Å²) in [6.07, 6.45) is -0.579. The molecule has 0 radical (unpaired) electrons. The van der Waals surface area contributed by atoms with Crippen molar-refractivity contribution in [1.82, 2.24) is 0 Å². The smallest absolute Gasteiger partial charge is 0.340 e. The van der Waals surface area contributed by atoms with Gasteiger partial charge in [-0.15, -0.1) is 11.6 Å². The van der Waals surface area contributed by atoms with Gasteiger partial charge in [-0.05, 0) is 18.2 Å². The van der Waals surface area contributed by atoms with Gasteiger partial charge in [0.05, 0.1) is 41.7 Å². The zero-order valence-electron chi connectivity index (χ0n) is 14.5. The molecule has 0 saturated carbocycles. The number of hydrogen-bond acceptors (Lipinski definition) is 6. The number of esters is 1. The molecular formula is C18H19ClFN3O4. The van der Waals surface area contributed by atoms with Gasteiger partial charge in [-0.3, -0.25) is 4.79 Å². The summed E-state index contributed by atoms with van der Waals surface area (Å²) in [7, 11) is 1.17. The van der Waals surface area contributed by atoms with E-state index in [2.05, 4.69) is 16.0 Å². The van der Waals surface area contributed by atoms with Gasteiger partial charge in [-0.25, -0.2) is 9.18 Å². The molecule has 27 heavy (non-hydrogen) atoms. The predicted octanol–water partition coefficient (Wildman–Crippen LogP) is 2.94. The van der Waals surface area contributed by atoms with E-state index in [4.69, 9.17) is 16.3 Å². The van der Waals surface area contributed by atoms with Gasteiger partial charge < -0.3 is 25.8 Å². The van der Waals surface area contributed by atoms with Crippen molar-refractivity contribution < 1.29 is 23.8 Å². The molecule has 144 valence electrons. The molecule has 2 aromatic carbocycles. The number of alkyl halides is 1. The molecule has 0 fully saturated rings. The maximum absolute atomic E-state index is 15.3. The quantitative estimate of drug-likeness (QED) is 0.296. The second-order valence-electron chi connectivity index (χ2n) is 5.47. The molecule has 0 aromatic heterocycles. The van der Waals surface area contributed by atoms with E-state index in [1.54, 1.807) is 30.3 Å². The average Bonchev–Trinajstić information content (AvgIpc) is 2.69. The van der Waals surface area contributed by atoms with Crippen LogP contribution in [0.3, 0.4) is 0 Å². The molecule has 0 spiro atoms. The lowest BCUT2D eigenvalue weighted by atomic mass is 10.1. The van der Waals surface area contributed by atoms with E-state index in [-0.39, 0.29) is 35.1 Å². The fourth-order valence-corrected chi connectivity index (χ4v) is 2.44. The monoisotopic (exact) mass is 395 g/mol. The molecule has 4 N–H and O–H groups in total. The van der Waals surface area contributed by atoms with Crippen molar-refractivity contribution in [1.29, 1.82) is 0 Å². The summed E-state index contributed by atoms with van der Waals surface area (Å²) in [6, 6.07) is 9.96. The number of carbonyl (C=O) groups excluding carboxylic acids is 2. The summed E-state index contributed by atoms with van der Waals surface area (Å²) in [6.45, 7) is -0.0592. The lowest BCUT2D eigenvalue weighted by Crippen LogP contribution is -2.22. The first-order chi connectivity index (χ1) is 13.0. The van der Waals surface area contributed by atoms with Crippen molar-refractivity contribution in [3.63, 3.8) is 0 Å². The summed E-state index contributed by atoms with van der Waals surface area (Å²) in [5, 5.41) is 17.5. The van der Waals surface area contributed by atoms with Crippen LogP contribution in [0.1, 0.15) is 10.4 Å². The molecule has 0 aliphatic carbocycles. The number of carbonyl (C=O) groups is 2. The minimum atomic E-state index is -0.930. The molecule has 1 amide bonds. The SMILES string of the molecule is COC(=O)c1cc(NC=O)c(NCC(O)CCl)c(F)c1Nc1ccccc1. The van der Waals surface area contributed by atoms with Crippen LogP contribution in [0.5, 0.6) is 0 Å². The van der Waals surface area contributed by atoms with Crippen molar-refractivity contribution >= 4 is 46.7 Å². The van der Waals surface area contributed by atoms with E-state index in [0.717, 1.165) is 0 Å². The number of anilines is 4. The standard InChI is InChI=1S/C18H19ClFN3O4/c1-27-18(26)13-7-14(22-10-24)17(21-9-12(25)8-19)15(20)16(13)23-11-5-3-2-4-6-11/h2-7,10,12,21,23,25H,8-9H2,1H3,(H,22,24). The Morgan fingerprint density at radius 1 is 1.33 bits per heavy atom. The summed E-state index contributed by atoms with van der Waals surface area (Å²) in [4.78, 5) is 23.0. The third-order valence-corrected chi connectivity index (χ3v) is 3.98. The van der Waals surface area contributed by atoms with Gasteiger partial charge in [0.2, 0.25) is 6.41 Å². The molecule has 1 atom stereocenters. The summed E-state index contributed by atoms with van der Waals surface area (Å²) < 4.78 is 20.0. The van der Waals surface area contributed by atoms with Gasteiger partial charge in [0.1, 0.15) is 0 Å². The summed E-state index contributed by atoms with van der Waals surface area (Å²) in [5.41, 5.74) is 0.226. The molecule has 9 heteroatoms. The highest BCUT2D eigenvalue weighted by molar-refractivity contribution is 6.18. The first kappa shape index (κ1) is 20.5. The van der Waals surface area contributed by atoms with Gasteiger partial charge in [-0.2, -0.15) is 0 Å². The Labute approximate surface area is 160 Å². The number of amides is 1. The second-order valence-corrected chi connectivity index (χ2v) is 5.78. The maximum Gasteiger partial charge on any atom is 0.340 e. The van der Waals surface area contributed by atoms with Crippen molar-refractivity contribution in [3.8, 4) is 0 Å². The number of rotatable bonds is 9. The number of para-hydroxylation sites is 1. The number of ether oxygens (including phenoxy) is 1. The van der Waals surface area contributed by atoms with Gasteiger partial charge in [0.25, 0.3) is 0 Å². The normalized spacial score (nSPS) is 11.4. The number of benzene rings is 2. The van der Waals surface area contributed by atoms with Crippen LogP contribution in [-0.2, 0) is 9.53 Å². The number of nitrogens with one attached hydrogen (secondary N) is 3. The van der Waals surface area contributed by atoms with Crippen LogP contribution in [0.4, 0.5) is 27.1 Å². The zero-order chi connectivity index (χ0) is 19.8. The third kappa shape index (κ3) is 5.08. The molecule has 0 bridgehead atoms. The Balaban J connectivity index is 2.55. The van der Waals surface area contributed by atoms with Crippen LogP contribution in [0.15, 0.2) is 36.4 Å². The van der Waals surface area contributed by atoms with Crippen LogP contribution in [-0.4, -0.2) is 43.1 Å².